The van der Waals surface area contributed by atoms with Crippen LogP contribution in [0.1, 0.15) is 41.0 Å². The van der Waals surface area contributed by atoms with E-state index in [0.717, 1.165) is 24.3 Å². The summed E-state index contributed by atoms with van der Waals surface area (Å²) in [5, 5.41) is 7.80. The van der Waals surface area contributed by atoms with Gasteiger partial charge in [-0.2, -0.15) is 5.10 Å². The van der Waals surface area contributed by atoms with E-state index in [-0.39, 0.29) is 6.04 Å². The van der Waals surface area contributed by atoms with Gasteiger partial charge in [0, 0.05) is 55.4 Å². The van der Waals surface area contributed by atoms with Crippen LogP contribution in [0.25, 0.3) is 0 Å². The van der Waals surface area contributed by atoms with Crippen LogP contribution < -0.4 is 5.32 Å². The summed E-state index contributed by atoms with van der Waals surface area (Å²) in [5.41, 5.74) is 5.89. The Labute approximate surface area is 161 Å². The van der Waals surface area contributed by atoms with Crippen molar-refractivity contribution in [3.05, 3.63) is 70.8 Å². The Kier molecular flexibility index (Phi) is 5.86. The number of aryl methyl sites for hydroxylation is 2. The first-order valence-corrected chi connectivity index (χ1v) is 9.24. The van der Waals surface area contributed by atoms with Gasteiger partial charge in [-0.1, -0.05) is 30.3 Å². The monoisotopic (exact) mass is 364 g/mol. The van der Waals surface area contributed by atoms with Crippen LogP contribution in [0.15, 0.2) is 42.7 Å². The Hall–Kier alpha value is -2.73. The van der Waals surface area contributed by atoms with Crippen LogP contribution in [0, 0.1) is 13.8 Å². The van der Waals surface area contributed by atoms with Crippen LogP contribution in [0.3, 0.4) is 0 Å². The van der Waals surface area contributed by atoms with Gasteiger partial charge >= 0.3 is 0 Å². The van der Waals surface area contributed by atoms with Gasteiger partial charge in [0.2, 0.25) is 5.95 Å². The molecule has 0 aliphatic heterocycles. The second-order valence-electron chi connectivity index (χ2n) is 7.05. The van der Waals surface area contributed by atoms with Crippen LogP contribution in [0.5, 0.6) is 0 Å². The van der Waals surface area contributed by atoms with Gasteiger partial charge in [-0.3, -0.25) is 9.58 Å². The molecule has 0 saturated heterocycles. The molecule has 142 valence electrons. The third-order valence-electron chi connectivity index (χ3n) is 5.07. The number of rotatable bonds is 7. The topological polar surface area (TPSA) is 58.9 Å². The molecular formula is C21H28N6. The summed E-state index contributed by atoms with van der Waals surface area (Å²) < 4.78 is 1.95. The fourth-order valence-electron chi connectivity index (χ4n) is 3.34. The van der Waals surface area contributed by atoms with E-state index in [1.165, 1.54) is 16.8 Å². The van der Waals surface area contributed by atoms with Crippen LogP contribution in [-0.4, -0.2) is 31.7 Å². The maximum absolute atomic E-state index is 4.54. The molecule has 27 heavy (non-hydrogen) atoms. The van der Waals surface area contributed by atoms with E-state index in [4.69, 9.17) is 0 Å². The lowest BCUT2D eigenvalue weighted by atomic mass is 10.0. The Morgan fingerprint density at radius 1 is 1.07 bits per heavy atom. The molecule has 1 aromatic carbocycles. The van der Waals surface area contributed by atoms with Crippen molar-refractivity contribution < 1.29 is 0 Å². The summed E-state index contributed by atoms with van der Waals surface area (Å²) >= 11 is 0. The van der Waals surface area contributed by atoms with E-state index in [2.05, 4.69) is 65.2 Å². The van der Waals surface area contributed by atoms with Gasteiger partial charge in [0.15, 0.2) is 0 Å². The Morgan fingerprint density at radius 3 is 2.33 bits per heavy atom. The van der Waals surface area contributed by atoms with Crippen molar-refractivity contribution in [2.75, 3.05) is 12.4 Å². The van der Waals surface area contributed by atoms with Crippen LogP contribution >= 0.6 is 0 Å². The summed E-state index contributed by atoms with van der Waals surface area (Å²) in [6.45, 7) is 7.91. The largest absolute Gasteiger partial charge is 0.350 e. The smallest absolute Gasteiger partial charge is 0.222 e. The maximum Gasteiger partial charge on any atom is 0.222 e. The highest BCUT2D eigenvalue weighted by Crippen LogP contribution is 2.26. The van der Waals surface area contributed by atoms with E-state index in [9.17, 15) is 0 Å². The molecule has 6 nitrogen and oxygen atoms in total. The highest BCUT2D eigenvalue weighted by molar-refractivity contribution is 5.29. The number of nitrogens with zero attached hydrogens (tertiary/aromatic N) is 5. The fraction of sp³-hybridized carbons (Fsp3) is 0.381. The lowest BCUT2D eigenvalue weighted by Crippen LogP contribution is -2.23. The predicted molar refractivity (Wildman–Crippen MR) is 108 cm³/mol. The maximum atomic E-state index is 4.54. The summed E-state index contributed by atoms with van der Waals surface area (Å²) in [7, 11) is 4.12. The summed E-state index contributed by atoms with van der Waals surface area (Å²) in [5.74, 6) is 0.650. The third-order valence-corrected chi connectivity index (χ3v) is 5.07. The van der Waals surface area contributed by atoms with Crippen LogP contribution in [0.2, 0.25) is 0 Å². The van der Waals surface area contributed by atoms with E-state index in [1.54, 1.807) is 0 Å². The van der Waals surface area contributed by atoms with Crippen molar-refractivity contribution >= 4 is 5.95 Å². The SMILES string of the molecule is Cc1nn(C)c(C)c1[C@H](C)N(C)Cc1cnc(NCc2ccccc2)nc1. The minimum absolute atomic E-state index is 0.273. The molecule has 1 atom stereocenters. The number of benzene rings is 1. The second kappa shape index (κ2) is 8.31. The summed E-state index contributed by atoms with van der Waals surface area (Å²) in [6, 6.07) is 10.5. The molecule has 2 heterocycles. The van der Waals surface area contributed by atoms with Gasteiger partial charge in [-0.05, 0) is 33.4 Å². The Bertz CT molecular complexity index is 870. The van der Waals surface area contributed by atoms with Gasteiger partial charge in [-0.25, -0.2) is 9.97 Å². The van der Waals surface area contributed by atoms with E-state index < -0.39 is 0 Å². The zero-order valence-corrected chi connectivity index (χ0v) is 16.8. The normalized spacial score (nSPS) is 12.4. The van der Waals surface area contributed by atoms with Crippen molar-refractivity contribution in [2.45, 2.75) is 39.9 Å². The number of hydrogen-bond donors (Lipinski definition) is 1. The highest BCUT2D eigenvalue weighted by atomic mass is 15.3. The molecule has 0 radical (unpaired) electrons. The number of anilines is 1. The molecule has 1 N–H and O–H groups in total. The van der Waals surface area contributed by atoms with Gasteiger partial charge in [0.25, 0.3) is 0 Å². The van der Waals surface area contributed by atoms with E-state index in [1.807, 2.05) is 42.3 Å². The average Bonchev–Trinajstić information content (AvgIpc) is 2.93. The first-order chi connectivity index (χ1) is 13.0. The zero-order chi connectivity index (χ0) is 19.4. The molecule has 0 saturated carbocycles. The molecule has 0 amide bonds. The lowest BCUT2D eigenvalue weighted by Gasteiger charge is -2.25. The van der Waals surface area contributed by atoms with Crippen LogP contribution in [0.4, 0.5) is 5.95 Å². The summed E-state index contributed by atoms with van der Waals surface area (Å²) in [4.78, 5) is 11.2. The minimum atomic E-state index is 0.273. The quantitative estimate of drug-likeness (QED) is 0.694. The van der Waals surface area contributed by atoms with Crippen molar-refractivity contribution in [3.63, 3.8) is 0 Å². The molecule has 6 heteroatoms. The second-order valence-corrected chi connectivity index (χ2v) is 7.05. The molecule has 3 aromatic rings. The van der Waals surface area contributed by atoms with Crippen molar-refractivity contribution in [2.24, 2.45) is 7.05 Å². The Morgan fingerprint density at radius 2 is 1.74 bits per heavy atom. The molecule has 3 rings (SSSR count). The zero-order valence-electron chi connectivity index (χ0n) is 16.8. The third kappa shape index (κ3) is 4.52. The van der Waals surface area contributed by atoms with Crippen molar-refractivity contribution in [3.8, 4) is 0 Å². The summed E-state index contributed by atoms with van der Waals surface area (Å²) in [6.07, 6.45) is 3.79. The highest BCUT2D eigenvalue weighted by Gasteiger charge is 2.20. The van der Waals surface area contributed by atoms with Gasteiger partial charge < -0.3 is 5.32 Å². The molecule has 0 fully saturated rings. The van der Waals surface area contributed by atoms with Gasteiger partial charge in [0.1, 0.15) is 0 Å². The van der Waals surface area contributed by atoms with Gasteiger partial charge in [-0.15, -0.1) is 0 Å². The van der Waals surface area contributed by atoms with Crippen LogP contribution in [-0.2, 0) is 20.1 Å². The minimum Gasteiger partial charge on any atom is -0.350 e. The van der Waals surface area contributed by atoms with Gasteiger partial charge in [0.05, 0.1) is 5.69 Å². The predicted octanol–water partition coefficient (Wildman–Crippen LogP) is 3.63. The average molecular weight is 364 g/mol. The number of aromatic nitrogens is 4. The Balaban J connectivity index is 1.60. The number of hydrogen-bond acceptors (Lipinski definition) is 5. The van der Waals surface area contributed by atoms with Crippen molar-refractivity contribution in [1.82, 2.24) is 24.6 Å². The fourth-order valence-corrected chi connectivity index (χ4v) is 3.34. The molecule has 0 unspecified atom stereocenters. The van der Waals surface area contributed by atoms with E-state index in [0.29, 0.717) is 5.95 Å². The van der Waals surface area contributed by atoms with Crippen molar-refractivity contribution in [1.29, 1.82) is 0 Å². The molecule has 0 aliphatic rings. The lowest BCUT2D eigenvalue weighted by molar-refractivity contribution is 0.251. The molecule has 0 bridgehead atoms. The standard InChI is InChI=1S/C21H28N6/c1-15-20(17(3)27(5)25-15)16(2)26(4)14-19-12-23-21(24-13-19)22-11-18-9-7-6-8-10-18/h6-10,12-13,16H,11,14H2,1-5H3,(H,22,23,24)/t16-/m0/s1. The molecule has 2 aromatic heterocycles. The first kappa shape index (κ1) is 19.0. The first-order valence-electron chi connectivity index (χ1n) is 9.24. The molecule has 0 aliphatic carbocycles. The van der Waals surface area contributed by atoms with E-state index >= 15 is 0 Å². The number of nitrogens with one attached hydrogen (secondary N) is 1. The molecule has 0 spiro atoms. The molecular weight excluding hydrogens is 336 g/mol.